The molecule has 1 aromatic carbocycles. The van der Waals surface area contributed by atoms with Gasteiger partial charge in [0.1, 0.15) is 6.20 Å². The average molecular weight is 354 g/mol. The maximum atomic E-state index is 12.6. The van der Waals surface area contributed by atoms with Crippen LogP contribution in [0, 0.1) is 10.1 Å². The summed E-state index contributed by atoms with van der Waals surface area (Å²) in [5, 5.41) is 13.6. The number of nitrogens with one attached hydrogen (secondary N) is 1. The van der Waals surface area contributed by atoms with Gasteiger partial charge in [-0.15, -0.1) is 0 Å². The summed E-state index contributed by atoms with van der Waals surface area (Å²) in [7, 11) is 0. The van der Waals surface area contributed by atoms with Gasteiger partial charge in [-0.1, -0.05) is 12.1 Å². The van der Waals surface area contributed by atoms with E-state index in [1.54, 1.807) is 23.1 Å². The fourth-order valence-electron chi connectivity index (χ4n) is 2.98. The van der Waals surface area contributed by atoms with Crippen LogP contribution < -0.4 is 5.32 Å². The summed E-state index contributed by atoms with van der Waals surface area (Å²) in [4.78, 5) is 40.0. The Hall–Kier alpha value is -3.29. The van der Waals surface area contributed by atoms with Crippen LogP contribution in [0.1, 0.15) is 23.7 Å². The maximum absolute atomic E-state index is 12.6. The van der Waals surface area contributed by atoms with Crippen LogP contribution in [0.2, 0.25) is 0 Å². The van der Waals surface area contributed by atoms with Gasteiger partial charge in [0.15, 0.2) is 0 Å². The molecule has 2 aromatic rings. The summed E-state index contributed by atoms with van der Waals surface area (Å²) < 4.78 is 0. The Balaban J connectivity index is 1.70. The largest absolute Gasteiger partial charge is 0.338 e. The van der Waals surface area contributed by atoms with E-state index < -0.39 is 4.92 Å². The molecule has 2 heterocycles. The van der Waals surface area contributed by atoms with Crippen molar-refractivity contribution in [1.82, 2.24) is 9.88 Å². The quantitative estimate of drug-likeness (QED) is 0.668. The van der Waals surface area contributed by atoms with Gasteiger partial charge in [-0.3, -0.25) is 24.7 Å². The summed E-state index contributed by atoms with van der Waals surface area (Å²) in [6.45, 7) is 2.27. The molecule has 8 nitrogen and oxygen atoms in total. The number of nitro groups is 1. The molecular weight excluding hydrogens is 336 g/mol. The van der Waals surface area contributed by atoms with Crippen LogP contribution in [-0.2, 0) is 29.0 Å². The summed E-state index contributed by atoms with van der Waals surface area (Å²) in [6.07, 6.45) is 2.03. The maximum Gasteiger partial charge on any atom is 0.287 e. The molecule has 0 saturated carbocycles. The number of benzene rings is 1. The Kier molecular flexibility index (Phi) is 4.92. The number of hydrogen-bond acceptors (Lipinski definition) is 5. The lowest BCUT2D eigenvalue weighted by Gasteiger charge is -2.28. The van der Waals surface area contributed by atoms with Crippen molar-refractivity contribution >= 4 is 23.2 Å². The molecular formula is C18H18N4O4. The first kappa shape index (κ1) is 17.5. The molecule has 0 unspecified atom stereocenters. The number of aromatic nitrogens is 1. The van der Waals surface area contributed by atoms with Gasteiger partial charge in [0.25, 0.3) is 5.69 Å². The lowest BCUT2D eigenvalue weighted by molar-refractivity contribution is -0.385. The zero-order valence-electron chi connectivity index (χ0n) is 14.3. The van der Waals surface area contributed by atoms with Crippen molar-refractivity contribution in [2.75, 3.05) is 11.9 Å². The Morgan fingerprint density at radius 3 is 2.88 bits per heavy atom. The van der Waals surface area contributed by atoms with E-state index in [4.69, 9.17) is 0 Å². The minimum Gasteiger partial charge on any atom is -0.338 e. The second kappa shape index (κ2) is 7.30. The number of anilines is 1. The number of carbonyl (C=O) groups is 2. The first-order chi connectivity index (χ1) is 12.4. The molecule has 0 saturated heterocycles. The lowest BCUT2D eigenvalue weighted by atomic mass is 10.0. The highest BCUT2D eigenvalue weighted by molar-refractivity contribution is 5.89. The van der Waals surface area contributed by atoms with Gasteiger partial charge in [0.05, 0.1) is 11.3 Å². The van der Waals surface area contributed by atoms with Gasteiger partial charge in [0.2, 0.25) is 11.8 Å². The third-order valence-electron chi connectivity index (χ3n) is 4.19. The van der Waals surface area contributed by atoms with Crippen molar-refractivity contribution in [3.63, 3.8) is 0 Å². The first-order valence-electron chi connectivity index (χ1n) is 8.19. The van der Waals surface area contributed by atoms with Crippen LogP contribution in [0.3, 0.4) is 0 Å². The van der Waals surface area contributed by atoms with Crippen LogP contribution in [0.5, 0.6) is 0 Å². The molecule has 1 aliphatic heterocycles. The molecule has 0 aliphatic carbocycles. The summed E-state index contributed by atoms with van der Waals surface area (Å²) >= 11 is 0. The van der Waals surface area contributed by atoms with Crippen LogP contribution in [0.4, 0.5) is 11.4 Å². The SMILES string of the molecule is CC(=O)Nc1cccc(CC(=O)N2CCc3ncc([N+](=O)[O-])cc3C2)c1. The van der Waals surface area contributed by atoms with Gasteiger partial charge in [-0.25, -0.2) is 0 Å². The number of fused-ring (bicyclic) bond motifs is 1. The van der Waals surface area contributed by atoms with Crippen LogP contribution >= 0.6 is 0 Å². The van der Waals surface area contributed by atoms with Crippen molar-refractivity contribution in [1.29, 1.82) is 0 Å². The molecule has 26 heavy (non-hydrogen) atoms. The fraction of sp³-hybridized carbons (Fsp3) is 0.278. The van der Waals surface area contributed by atoms with Crippen molar-refractivity contribution in [2.24, 2.45) is 0 Å². The molecule has 1 N–H and O–H groups in total. The van der Waals surface area contributed by atoms with Crippen molar-refractivity contribution in [3.8, 4) is 0 Å². The van der Waals surface area contributed by atoms with Gasteiger partial charge >= 0.3 is 0 Å². The molecule has 0 spiro atoms. The molecule has 3 rings (SSSR count). The topological polar surface area (TPSA) is 105 Å². The highest BCUT2D eigenvalue weighted by atomic mass is 16.6. The highest BCUT2D eigenvalue weighted by Gasteiger charge is 2.23. The van der Waals surface area contributed by atoms with E-state index in [0.717, 1.165) is 11.3 Å². The number of rotatable bonds is 4. The number of pyridine rings is 1. The smallest absolute Gasteiger partial charge is 0.287 e. The first-order valence-corrected chi connectivity index (χ1v) is 8.19. The summed E-state index contributed by atoms with van der Waals surface area (Å²) in [5.41, 5.74) is 2.88. The lowest BCUT2D eigenvalue weighted by Crippen LogP contribution is -2.37. The molecule has 2 amide bonds. The Morgan fingerprint density at radius 1 is 1.35 bits per heavy atom. The van der Waals surface area contributed by atoms with Crippen molar-refractivity contribution < 1.29 is 14.5 Å². The highest BCUT2D eigenvalue weighted by Crippen LogP contribution is 2.22. The minimum atomic E-state index is -0.485. The Labute approximate surface area is 150 Å². The van der Waals surface area contributed by atoms with Gasteiger partial charge in [0, 0.05) is 43.9 Å². The van der Waals surface area contributed by atoms with Gasteiger partial charge in [-0.05, 0) is 23.3 Å². The van der Waals surface area contributed by atoms with Crippen LogP contribution in [0.25, 0.3) is 0 Å². The monoisotopic (exact) mass is 354 g/mol. The number of hydrogen-bond donors (Lipinski definition) is 1. The molecule has 0 atom stereocenters. The van der Waals surface area contributed by atoms with Crippen LogP contribution in [-0.4, -0.2) is 33.2 Å². The van der Waals surface area contributed by atoms with E-state index in [0.29, 0.717) is 30.8 Å². The molecule has 0 fully saturated rings. The van der Waals surface area contributed by atoms with Gasteiger partial charge < -0.3 is 10.2 Å². The third-order valence-corrected chi connectivity index (χ3v) is 4.19. The summed E-state index contributed by atoms with van der Waals surface area (Å²) in [5.74, 6) is -0.239. The van der Waals surface area contributed by atoms with E-state index in [1.165, 1.54) is 19.2 Å². The molecule has 1 aromatic heterocycles. The normalized spacial score (nSPS) is 13.0. The van der Waals surface area contributed by atoms with E-state index in [9.17, 15) is 19.7 Å². The predicted octanol–water partition coefficient (Wildman–Crippen LogP) is 2.08. The Bertz CT molecular complexity index is 881. The predicted molar refractivity (Wildman–Crippen MR) is 94.5 cm³/mol. The number of nitrogens with zero attached hydrogens (tertiary/aromatic N) is 3. The van der Waals surface area contributed by atoms with Gasteiger partial charge in [-0.2, -0.15) is 0 Å². The summed E-state index contributed by atoms with van der Waals surface area (Å²) in [6, 6.07) is 8.63. The third kappa shape index (κ3) is 4.02. The second-order valence-electron chi connectivity index (χ2n) is 6.18. The standard InChI is InChI=1S/C18H18N4O4/c1-12(23)20-15-4-2-3-13(7-15)8-18(24)21-6-5-17-14(11-21)9-16(10-19-17)22(25)26/h2-4,7,9-10H,5-6,8,11H2,1H3,(H,20,23). The zero-order chi connectivity index (χ0) is 18.7. The number of amides is 2. The van der Waals surface area contributed by atoms with Crippen LogP contribution in [0.15, 0.2) is 36.5 Å². The zero-order valence-corrected chi connectivity index (χ0v) is 14.3. The van der Waals surface area contributed by atoms with E-state index >= 15 is 0 Å². The molecule has 0 radical (unpaired) electrons. The Morgan fingerprint density at radius 2 is 2.15 bits per heavy atom. The van der Waals surface area contributed by atoms with Crippen molar-refractivity contribution in [2.45, 2.75) is 26.3 Å². The second-order valence-corrected chi connectivity index (χ2v) is 6.18. The van der Waals surface area contributed by atoms with E-state index in [2.05, 4.69) is 10.3 Å². The van der Waals surface area contributed by atoms with E-state index in [1.807, 2.05) is 6.07 Å². The minimum absolute atomic E-state index is 0.0675. The average Bonchev–Trinajstić information content (AvgIpc) is 2.60. The number of carbonyl (C=O) groups excluding carboxylic acids is 2. The molecule has 8 heteroatoms. The molecule has 134 valence electrons. The molecule has 1 aliphatic rings. The van der Waals surface area contributed by atoms with Crippen molar-refractivity contribution in [3.05, 3.63) is 63.5 Å². The van der Waals surface area contributed by atoms with E-state index in [-0.39, 0.29) is 23.9 Å². The fourth-order valence-corrected chi connectivity index (χ4v) is 2.98. The molecule has 0 bridgehead atoms.